The summed E-state index contributed by atoms with van der Waals surface area (Å²) in [5.41, 5.74) is 7.71. The Hall–Kier alpha value is -1.92. The molecule has 6 nitrogen and oxygen atoms in total. The first kappa shape index (κ1) is 13.5. The minimum Gasteiger partial charge on any atom is -0.496 e. The lowest BCUT2D eigenvalue weighted by Crippen LogP contribution is -2.16. The van der Waals surface area contributed by atoms with E-state index in [1.807, 2.05) is 25.1 Å². The third-order valence-corrected chi connectivity index (χ3v) is 2.70. The van der Waals surface area contributed by atoms with Crippen LogP contribution in [0.25, 0.3) is 11.4 Å². The molecule has 1 atom stereocenters. The number of aryl methyl sites for hydroxylation is 1. The topological polar surface area (TPSA) is 83.4 Å². The van der Waals surface area contributed by atoms with Crippen LogP contribution in [0.5, 0.6) is 5.75 Å². The smallest absolute Gasteiger partial charge is 0.246 e. The van der Waals surface area contributed by atoms with Gasteiger partial charge in [-0.3, -0.25) is 0 Å². The molecule has 1 unspecified atom stereocenters. The number of methoxy groups -OCH3 is 2. The van der Waals surface area contributed by atoms with Gasteiger partial charge in [0.05, 0.1) is 19.3 Å². The summed E-state index contributed by atoms with van der Waals surface area (Å²) in [6, 6.07) is 5.34. The Bertz CT molecular complexity index is 554. The molecule has 2 rings (SSSR count). The third kappa shape index (κ3) is 2.91. The highest BCUT2D eigenvalue weighted by Crippen LogP contribution is 2.29. The van der Waals surface area contributed by atoms with Crippen molar-refractivity contribution in [3.8, 4) is 17.1 Å². The van der Waals surface area contributed by atoms with E-state index in [0.29, 0.717) is 24.1 Å². The van der Waals surface area contributed by atoms with Gasteiger partial charge in [0.1, 0.15) is 11.8 Å². The first-order valence-electron chi connectivity index (χ1n) is 5.89. The number of hydrogen-bond acceptors (Lipinski definition) is 6. The highest BCUT2D eigenvalue weighted by Gasteiger charge is 2.17. The minimum absolute atomic E-state index is 0.326. The van der Waals surface area contributed by atoms with E-state index in [1.54, 1.807) is 14.2 Å². The van der Waals surface area contributed by atoms with Crippen molar-refractivity contribution >= 4 is 0 Å². The van der Waals surface area contributed by atoms with E-state index in [4.69, 9.17) is 19.7 Å². The predicted molar refractivity (Wildman–Crippen MR) is 69.8 cm³/mol. The lowest BCUT2D eigenvalue weighted by Gasteiger charge is -2.06. The van der Waals surface area contributed by atoms with Crippen molar-refractivity contribution in [2.45, 2.75) is 13.0 Å². The van der Waals surface area contributed by atoms with E-state index < -0.39 is 6.04 Å². The van der Waals surface area contributed by atoms with Crippen molar-refractivity contribution < 1.29 is 14.0 Å². The van der Waals surface area contributed by atoms with Crippen molar-refractivity contribution in [3.63, 3.8) is 0 Å². The Balaban J connectivity index is 2.32. The van der Waals surface area contributed by atoms with Gasteiger partial charge in [-0.2, -0.15) is 4.98 Å². The van der Waals surface area contributed by atoms with Crippen LogP contribution in [0.4, 0.5) is 0 Å². The Morgan fingerprint density at radius 1 is 1.37 bits per heavy atom. The van der Waals surface area contributed by atoms with Crippen LogP contribution in [0.1, 0.15) is 17.5 Å². The monoisotopic (exact) mass is 263 g/mol. The van der Waals surface area contributed by atoms with Crippen molar-refractivity contribution in [3.05, 3.63) is 29.7 Å². The average Bonchev–Trinajstić information content (AvgIpc) is 2.88. The van der Waals surface area contributed by atoms with Gasteiger partial charge in [0, 0.05) is 7.11 Å². The average molecular weight is 263 g/mol. The van der Waals surface area contributed by atoms with E-state index in [2.05, 4.69) is 10.1 Å². The molecule has 0 bridgehead atoms. The van der Waals surface area contributed by atoms with Crippen molar-refractivity contribution in [1.82, 2.24) is 10.1 Å². The molecule has 0 spiro atoms. The normalized spacial score (nSPS) is 12.4. The summed E-state index contributed by atoms with van der Waals surface area (Å²) in [6.45, 7) is 2.31. The van der Waals surface area contributed by atoms with Gasteiger partial charge >= 0.3 is 0 Å². The van der Waals surface area contributed by atoms with Crippen LogP contribution >= 0.6 is 0 Å². The number of nitrogens with two attached hydrogens (primary N) is 1. The van der Waals surface area contributed by atoms with Gasteiger partial charge < -0.3 is 19.7 Å². The largest absolute Gasteiger partial charge is 0.496 e. The summed E-state index contributed by atoms with van der Waals surface area (Å²) in [6.07, 6.45) is 0. The lowest BCUT2D eigenvalue weighted by atomic mass is 10.1. The highest BCUT2D eigenvalue weighted by atomic mass is 16.5. The molecule has 1 heterocycles. The molecule has 0 fully saturated rings. The second-order valence-electron chi connectivity index (χ2n) is 4.22. The Morgan fingerprint density at radius 3 is 2.84 bits per heavy atom. The molecule has 0 saturated carbocycles. The predicted octanol–water partition coefficient (Wildman–Crippen LogP) is 1.70. The molecule has 19 heavy (non-hydrogen) atoms. The number of ether oxygens (including phenoxy) is 2. The molecule has 0 aliphatic rings. The molecule has 6 heteroatoms. The minimum atomic E-state index is -0.428. The number of hydrogen-bond donors (Lipinski definition) is 1. The fourth-order valence-corrected chi connectivity index (χ4v) is 1.73. The Kier molecular flexibility index (Phi) is 4.13. The summed E-state index contributed by atoms with van der Waals surface area (Å²) in [7, 11) is 3.18. The standard InChI is InChI=1S/C13H17N3O3/c1-8-4-5-9(11(6-8)18-3)12-15-13(19-16-12)10(14)7-17-2/h4-6,10H,7,14H2,1-3H3. The molecule has 0 aliphatic carbocycles. The van der Waals surface area contributed by atoms with Gasteiger partial charge in [0.2, 0.25) is 11.7 Å². The molecule has 2 N–H and O–H groups in total. The van der Waals surface area contributed by atoms with Crippen molar-refractivity contribution in [2.24, 2.45) is 5.73 Å². The molecule has 2 aromatic rings. The molecule has 0 radical (unpaired) electrons. The van der Waals surface area contributed by atoms with E-state index >= 15 is 0 Å². The SMILES string of the molecule is COCC(N)c1nc(-c2ccc(C)cc2OC)no1. The molecule has 1 aromatic carbocycles. The fraction of sp³-hybridized carbons (Fsp3) is 0.385. The quantitative estimate of drug-likeness (QED) is 0.884. The van der Waals surface area contributed by atoms with E-state index in [9.17, 15) is 0 Å². The number of nitrogens with zero attached hydrogens (tertiary/aromatic N) is 2. The molecule has 0 saturated heterocycles. The summed E-state index contributed by atoms with van der Waals surface area (Å²) >= 11 is 0. The first-order chi connectivity index (χ1) is 9.15. The molecule has 1 aromatic heterocycles. The third-order valence-electron chi connectivity index (χ3n) is 2.70. The maximum absolute atomic E-state index is 5.84. The number of rotatable bonds is 5. The zero-order valence-corrected chi connectivity index (χ0v) is 11.2. The highest BCUT2D eigenvalue weighted by molar-refractivity contribution is 5.64. The number of aromatic nitrogens is 2. The Labute approximate surface area is 111 Å². The fourth-order valence-electron chi connectivity index (χ4n) is 1.73. The van der Waals surface area contributed by atoms with Gasteiger partial charge in [0.15, 0.2) is 0 Å². The van der Waals surface area contributed by atoms with Gasteiger partial charge in [-0.05, 0) is 24.6 Å². The second-order valence-corrected chi connectivity index (χ2v) is 4.22. The van der Waals surface area contributed by atoms with Crippen LogP contribution < -0.4 is 10.5 Å². The molecule has 102 valence electrons. The molecular weight excluding hydrogens is 246 g/mol. The first-order valence-corrected chi connectivity index (χ1v) is 5.89. The van der Waals surface area contributed by atoms with Crippen LogP contribution in [0.3, 0.4) is 0 Å². The molecule has 0 amide bonds. The van der Waals surface area contributed by atoms with Crippen LogP contribution in [0.2, 0.25) is 0 Å². The van der Waals surface area contributed by atoms with Gasteiger partial charge in [0.25, 0.3) is 0 Å². The van der Waals surface area contributed by atoms with Crippen molar-refractivity contribution in [1.29, 1.82) is 0 Å². The van der Waals surface area contributed by atoms with Gasteiger partial charge in [-0.15, -0.1) is 0 Å². The maximum atomic E-state index is 5.84. The molecular formula is C13H17N3O3. The zero-order valence-electron chi connectivity index (χ0n) is 11.2. The van der Waals surface area contributed by atoms with E-state index in [0.717, 1.165) is 11.1 Å². The molecule has 0 aliphatic heterocycles. The maximum Gasteiger partial charge on any atom is 0.246 e. The van der Waals surface area contributed by atoms with Gasteiger partial charge in [-0.25, -0.2) is 0 Å². The van der Waals surface area contributed by atoms with Crippen molar-refractivity contribution in [2.75, 3.05) is 20.8 Å². The van der Waals surface area contributed by atoms with E-state index in [-0.39, 0.29) is 0 Å². The van der Waals surface area contributed by atoms with Crippen LogP contribution in [0, 0.1) is 6.92 Å². The zero-order chi connectivity index (χ0) is 13.8. The van der Waals surface area contributed by atoms with Crippen LogP contribution in [0.15, 0.2) is 22.7 Å². The van der Waals surface area contributed by atoms with E-state index in [1.165, 1.54) is 0 Å². The summed E-state index contributed by atoms with van der Waals surface area (Å²) in [5.74, 6) is 1.51. The summed E-state index contributed by atoms with van der Waals surface area (Å²) in [5, 5.41) is 3.93. The van der Waals surface area contributed by atoms with Crippen LogP contribution in [-0.4, -0.2) is 31.0 Å². The van der Waals surface area contributed by atoms with Crippen LogP contribution in [-0.2, 0) is 4.74 Å². The number of benzene rings is 1. The summed E-state index contributed by atoms with van der Waals surface area (Å²) in [4.78, 5) is 4.27. The summed E-state index contributed by atoms with van der Waals surface area (Å²) < 4.78 is 15.4. The lowest BCUT2D eigenvalue weighted by molar-refractivity contribution is 0.166. The second kappa shape index (κ2) is 5.81. The Morgan fingerprint density at radius 2 is 2.16 bits per heavy atom. The van der Waals surface area contributed by atoms with Gasteiger partial charge in [-0.1, -0.05) is 11.2 Å².